The molecular weight excluding hydrogens is 246 g/mol. The van der Waals surface area contributed by atoms with Gasteiger partial charge in [0.25, 0.3) is 0 Å². The summed E-state index contributed by atoms with van der Waals surface area (Å²) >= 11 is 1.55. The minimum absolute atomic E-state index is 0.613. The molecule has 90 valence electrons. The number of nitrogens with zero attached hydrogens (tertiary/aromatic N) is 5. The van der Waals surface area contributed by atoms with E-state index < -0.39 is 0 Å². The van der Waals surface area contributed by atoms with E-state index >= 15 is 0 Å². The van der Waals surface area contributed by atoms with Crippen molar-refractivity contribution in [2.45, 2.75) is 13.8 Å². The van der Waals surface area contributed by atoms with E-state index in [9.17, 15) is 0 Å². The monoisotopic (exact) mass is 257 g/mol. The van der Waals surface area contributed by atoms with Crippen LogP contribution in [0.15, 0.2) is 40.1 Å². The van der Waals surface area contributed by atoms with E-state index in [2.05, 4.69) is 20.2 Å². The molecule has 0 bridgehead atoms. The Kier molecular flexibility index (Phi) is 2.64. The predicted octanol–water partition coefficient (Wildman–Crippen LogP) is 2.24. The number of hydrogen-bond acceptors (Lipinski definition) is 5. The van der Waals surface area contributed by atoms with Crippen LogP contribution in [0.2, 0.25) is 0 Å². The summed E-state index contributed by atoms with van der Waals surface area (Å²) in [6, 6.07) is 3.84. The van der Waals surface area contributed by atoms with Gasteiger partial charge in [0, 0.05) is 23.5 Å². The fourth-order valence-corrected chi connectivity index (χ4v) is 2.36. The van der Waals surface area contributed by atoms with Crippen molar-refractivity contribution in [2.75, 3.05) is 0 Å². The number of hydrogen-bond donors (Lipinski definition) is 0. The topological polar surface area (TPSA) is 54.9 Å². The van der Waals surface area contributed by atoms with Crippen LogP contribution in [0.25, 0.3) is 16.0 Å². The largest absolute Gasteiger partial charge is 0.276 e. The highest BCUT2D eigenvalue weighted by atomic mass is 32.1. The lowest BCUT2D eigenvalue weighted by molar-refractivity contribution is 1.04. The quantitative estimate of drug-likeness (QED) is 0.496. The normalized spacial score (nSPS) is 12.2. The molecular formula is C12H11N5S. The molecule has 3 heterocycles. The number of fused-ring (bicyclic) bond motifs is 3. The zero-order chi connectivity index (χ0) is 12.5. The molecule has 0 radical (unpaired) electrons. The molecule has 0 N–H and O–H groups in total. The van der Waals surface area contributed by atoms with Gasteiger partial charge in [0.15, 0.2) is 10.4 Å². The maximum Gasteiger partial charge on any atom is 0.197 e. The molecule has 3 aromatic heterocycles. The summed E-state index contributed by atoms with van der Waals surface area (Å²) in [5.74, 6) is 0. The lowest BCUT2D eigenvalue weighted by Crippen LogP contribution is -2.11. The van der Waals surface area contributed by atoms with Crippen LogP contribution in [-0.4, -0.2) is 20.1 Å². The summed E-state index contributed by atoms with van der Waals surface area (Å²) in [6.45, 7) is 3.81. The van der Waals surface area contributed by atoms with Gasteiger partial charge in [0.1, 0.15) is 5.65 Å². The Labute approximate surface area is 107 Å². The van der Waals surface area contributed by atoms with Gasteiger partial charge >= 0.3 is 0 Å². The molecule has 0 atom stereocenters. The first-order valence-electron chi connectivity index (χ1n) is 5.51. The first-order chi connectivity index (χ1) is 8.75. The van der Waals surface area contributed by atoms with Gasteiger partial charge in [0.2, 0.25) is 0 Å². The van der Waals surface area contributed by atoms with E-state index in [1.54, 1.807) is 17.5 Å². The van der Waals surface area contributed by atoms with Crippen molar-refractivity contribution in [3.63, 3.8) is 0 Å². The molecule has 0 spiro atoms. The van der Waals surface area contributed by atoms with E-state index in [0.29, 0.717) is 5.49 Å². The smallest absolute Gasteiger partial charge is 0.197 e. The van der Waals surface area contributed by atoms with Crippen LogP contribution in [0.1, 0.15) is 13.8 Å². The zero-order valence-corrected chi connectivity index (χ0v) is 10.8. The molecule has 0 aliphatic rings. The van der Waals surface area contributed by atoms with Gasteiger partial charge in [-0.2, -0.15) is 10.1 Å². The highest BCUT2D eigenvalue weighted by Gasteiger charge is 2.04. The van der Waals surface area contributed by atoms with Crippen LogP contribution in [0.5, 0.6) is 0 Å². The maximum atomic E-state index is 4.50. The molecule has 3 aromatic rings. The molecule has 3 rings (SSSR count). The summed E-state index contributed by atoms with van der Waals surface area (Å²) in [6.07, 6.45) is 3.73. The van der Waals surface area contributed by atoms with E-state index in [1.807, 2.05) is 42.0 Å². The molecule has 18 heavy (non-hydrogen) atoms. The van der Waals surface area contributed by atoms with E-state index in [4.69, 9.17) is 0 Å². The van der Waals surface area contributed by atoms with Crippen molar-refractivity contribution < 1.29 is 0 Å². The summed E-state index contributed by atoms with van der Waals surface area (Å²) in [5.41, 5.74) is 2.36. The van der Waals surface area contributed by atoms with Gasteiger partial charge in [-0.3, -0.25) is 4.40 Å². The molecule has 0 unspecified atom stereocenters. The fraction of sp³-hybridized carbons (Fsp3) is 0.167. The number of aromatic nitrogens is 3. The van der Waals surface area contributed by atoms with Crippen molar-refractivity contribution >= 4 is 33.0 Å². The van der Waals surface area contributed by atoms with E-state index in [0.717, 1.165) is 21.7 Å². The number of rotatable bonds is 1. The molecule has 6 heteroatoms. The van der Waals surface area contributed by atoms with Gasteiger partial charge in [-0.05, 0) is 26.0 Å². The minimum Gasteiger partial charge on any atom is -0.276 e. The predicted molar refractivity (Wildman–Crippen MR) is 72.7 cm³/mol. The molecule has 0 amide bonds. The first-order valence-corrected chi connectivity index (χ1v) is 6.39. The third-order valence-corrected chi connectivity index (χ3v) is 3.15. The SMILES string of the molecule is CC(C)=N/N=c1/nc2sccn2c2ncccc12. The van der Waals surface area contributed by atoms with Crippen LogP contribution in [-0.2, 0) is 0 Å². The Morgan fingerprint density at radius 3 is 3.11 bits per heavy atom. The van der Waals surface area contributed by atoms with Crippen LogP contribution < -0.4 is 5.49 Å². The summed E-state index contributed by atoms with van der Waals surface area (Å²) < 4.78 is 1.96. The number of thiazole rings is 1. The minimum atomic E-state index is 0.613. The highest BCUT2D eigenvalue weighted by Crippen LogP contribution is 2.13. The summed E-state index contributed by atoms with van der Waals surface area (Å²) in [4.78, 5) is 9.76. The van der Waals surface area contributed by atoms with Crippen LogP contribution >= 0.6 is 11.3 Å². The van der Waals surface area contributed by atoms with Crippen molar-refractivity contribution in [1.29, 1.82) is 0 Å². The Balaban J connectivity index is 2.48. The lowest BCUT2D eigenvalue weighted by Gasteiger charge is -1.99. The van der Waals surface area contributed by atoms with E-state index in [1.165, 1.54) is 0 Å². The fourth-order valence-electron chi connectivity index (χ4n) is 1.65. The third-order valence-electron chi connectivity index (χ3n) is 2.39. The van der Waals surface area contributed by atoms with E-state index in [-0.39, 0.29) is 0 Å². The second-order valence-corrected chi connectivity index (χ2v) is 4.89. The second kappa shape index (κ2) is 4.30. The zero-order valence-electron chi connectivity index (χ0n) is 10.0. The molecule has 0 fully saturated rings. The van der Waals surface area contributed by atoms with Gasteiger partial charge in [-0.1, -0.05) is 0 Å². The Morgan fingerprint density at radius 1 is 1.39 bits per heavy atom. The van der Waals surface area contributed by atoms with Crippen LogP contribution in [0.4, 0.5) is 0 Å². The molecule has 0 saturated heterocycles. The lowest BCUT2D eigenvalue weighted by atomic mass is 10.3. The van der Waals surface area contributed by atoms with Crippen LogP contribution in [0, 0.1) is 0 Å². The molecule has 0 aromatic carbocycles. The summed E-state index contributed by atoms with van der Waals surface area (Å²) in [7, 11) is 0. The Morgan fingerprint density at radius 2 is 2.28 bits per heavy atom. The summed E-state index contributed by atoms with van der Waals surface area (Å²) in [5, 5.41) is 11.2. The van der Waals surface area contributed by atoms with Crippen molar-refractivity contribution in [3.8, 4) is 0 Å². The molecule has 0 aliphatic heterocycles. The van der Waals surface area contributed by atoms with Gasteiger partial charge in [-0.15, -0.1) is 16.4 Å². The third kappa shape index (κ3) is 1.80. The maximum absolute atomic E-state index is 4.50. The average Bonchev–Trinajstić information content (AvgIpc) is 2.84. The van der Waals surface area contributed by atoms with Gasteiger partial charge in [-0.25, -0.2) is 4.98 Å². The molecule has 0 saturated carbocycles. The van der Waals surface area contributed by atoms with Crippen LogP contribution in [0.3, 0.4) is 0 Å². The Hall–Kier alpha value is -2.08. The average molecular weight is 257 g/mol. The molecule has 5 nitrogen and oxygen atoms in total. The van der Waals surface area contributed by atoms with Crippen molar-refractivity contribution in [2.24, 2.45) is 10.2 Å². The first kappa shape index (κ1) is 11.0. The van der Waals surface area contributed by atoms with Crippen molar-refractivity contribution in [3.05, 3.63) is 35.4 Å². The highest BCUT2D eigenvalue weighted by molar-refractivity contribution is 7.15. The van der Waals surface area contributed by atoms with Gasteiger partial charge in [0.05, 0.1) is 5.39 Å². The molecule has 0 aliphatic carbocycles. The second-order valence-electron chi connectivity index (χ2n) is 4.01. The van der Waals surface area contributed by atoms with Crippen molar-refractivity contribution in [1.82, 2.24) is 14.4 Å². The number of pyridine rings is 1. The Bertz CT molecular complexity index is 808. The standard InChI is InChI=1S/C12H11N5S/c1-8(2)15-16-10-9-4-3-5-13-11(9)17-6-7-18-12(17)14-10/h3-7H,1-2H3/b16-10+. The van der Waals surface area contributed by atoms with Gasteiger partial charge < -0.3 is 0 Å².